The topological polar surface area (TPSA) is 107 Å². The Bertz CT molecular complexity index is 740. The molecule has 7 nitrogen and oxygen atoms in total. The molecule has 0 radical (unpaired) electrons. The Morgan fingerprint density at radius 2 is 1.89 bits per heavy atom. The molecule has 1 aliphatic carbocycles. The first-order chi connectivity index (χ1) is 12.9. The third-order valence-electron chi connectivity index (χ3n) is 5.17. The Hall–Kier alpha value is -2.54. The molecule has 1 heterocycles. The molecule has 2 fully saturated rings. The predicted molar refractivity (Wildman–Crippen MR) is 97.9 cm³/mol. The molecule has 1 saturated carbocycles. The van der Waals surface area contributed by atoms with Gasteiger partial charge in [0, 0.05) is 25.6 Å². The van der Waals surface area contributed by atoms with Crippen molar-refractivity contribution >= 4 is 18.0 Å². The number of benzene rings is 1. The SMILES string of the molecule is O=C(/C=C/c1ccc(O)c(O)c1)O[C@H]1CCCC(O)(C(=O)N2CCCC2)C1. The van der Waals surface area contributed by atoms with Crippen LogP contribution in [0, 0.1) is 0 Å². The van der Waals surface area contributed by atoms with E-state index in [1.807, 2.05) is 0 Å². The highest BCUT2D eigenvalue weighted by Crippen LogP contribution is 2.33. The van der Waals surface area contributed by atoms with Gasteiger partial charge >= 0.3 is 5.97 Å². The fourth-order valence-corrected chi connectivity index (χ4v) is 3.72. The second kappa shape index (κ2) is 8.00. The van der Waals surface area contributed by atoms with E-state index in [2.05, 4.69) is 0 Å². The van der Waals surface area contributed by atoms with Crippen LogP contribution in [0.2, 0.25) is 0 Å². The minimum Gasteiger partial charge on any atom is -0.504 e. The maximum atomic E-state index is 12.6. The van der Waals surface area contributed by atoms with Gasteiger partial charge in [-0.15, -0.1) is 0 Å². The molecule has 146 valence electrons. The van der Waals surface area contributed by atoms with E-state index in [9.17, 15) is 24.9 Å². The number of rotatable bonds is 4. The van der Waals surface area contributed by atoms with Crippen LogP contribution >= 0.6 is 0 Å². The van der Waals surface area contributed by atoms with Crippen molar-refractivity contribution in [3.63, 3.8) is 0 Å². The maximum Gasteiger partial charge on any atom is 0.331 e. The lowest BCUT2D eigenvalue weighted by molar-refractivity contribution is -0.164. The number of aromatic hydroxyl groups is 2. The molecular formula is C20H25NO6. The van der Waals surface area contributed by atoms with Gasteiger partial charge in [-0.3, -0.25) is 4.79 Å². The van der Waals surface area contributed by atoms with Crippen LogP contribution in [-0.4, -0.2) is 56.9 Å². The van der Waals surface area contributed by atoms with Crippen LogP contribution in [0.25, 0.3) is 6.08 Å². The van der Waals surface area contributed by atoms with Crippen molar-refractivity contribution in [3.8, 4) is 11.5 Å². The molecule has 2 aliphatic rings. The lowest BCUT2D eigenvalue weighted by Crippen LogP contribution is -2.52. The van der Waals surface area contributed by atoms with Gasteiger partial charge in [-0.25, -0.2) is 4.79 Å². The number of nitrogens with zero attached hydrogens (tertiary/aromatic N) is 1. The molecule has 1 amide bonds. The summed E-state index contributed by atoms with van der Waals surface area (Å²) in [5.74, 6) is -1.34. The molecule has 1 saturated heterocycles. The predicted octanol–water partition coefficient (Wildman–Crippen LogP) is 1.95. The third-order valence-corrected chi connectivity index (χ3v) is 5.17. The number of hydrogen-bond donors (Lipinski definition) is 3. The summed E-state index contributed by atoms with van der Waals surface area (Å²) in [5.41, 5.74) is -0.924. The summed E-state index contributed by atoms with van der Waals surface area (Å²) in [6, 6.07) is 4.20. The van der Waals surface area contributed by atoms with Crippen molar-refractivity contribution in [1.82, 2.24) is 4.90 Å². The average molecular weight is 375 g/mol. The second-order valence-electron chi connectivity index (χ2n) is 7.27. The van der Waals surface area contributed by atoms with E-state index in [-0.39, 0.29) is 23.8 Å². The molecule has 3 rings (SSSR count). The lowest BCUT2D eigenvalue weighted by Gasteiger charge is -2.37. The molecule has 7 heteroatoms. The van der Waals surface area contributed by atoms with Crippen molar-refractivity contribution in [3.05, 3.63) is 29.8 Å². The summed E-state index contributed by atoms with van der Waals surface area (Å²) in [4.78, 5) is 26.4. The number of likely N-dealkylation sites (tertiary alicyclic amines) is 1. The van der Waals surface area contributed by atoms with Crippen molar-refractivity contribution in [2.75, 3.05) is 13.1 Å². The van der Waals surface area contributed by atoms with Gasteiger partial charge in [-0.05, 0) is 55.9 Å². The Kier molecular flexibility index (Phi) is 5.70. The molecule has 0 spiro atoms. The molecule has 0 bridgehead atoms. The lowest BCUT2D eigenvalue weighted by atomic mass is 9.82. The van der Waals surface area contributed by atoms with Gasteiger partial charge in [0.2, 0.25) is 0 Å². The second-order valence-corrected chi connectivity index (χ2v) is 7.27. The molecule has 0 aromatic heterocycles. The van der Waals surface area contributed by atoms with Crippen LogP contribution in [-0.2, 0) is 14.3 Å². The van der Waals surface area contributed by atoms with Gasteiger partial charge in [0.05, 0.1) is 0 Å². The van der Waals surface area contributed by atoms with Gasteiger partial charge in [0.15, 0.2) is 11.5 Å². The zero-order chi connectivity index (χ0) is 19.4. The summed E-state index contributed by atoms with van der Waals surface area (Å²) in [5, 5.41) is 29.5. The molecule has 3 N–H and O–H groups in total. The van der Waals surface area contributed by atoms with Gasteiger partial charge in [0.1, 0.15) is 11.7 Å². The van der Waals surface area contributed by atoms with E-state index >= 15 is 0 Å². The van der Waals surface area contributed by atoms with Crippen LogP contribution < -0.4 is 0 Å². The minimum atomic E-state index is -1.46. The Morgan fingerprint density at radius 1 is 1.15 bits per heavy atom. The summed E-state index contributed by atoms with van der Waals surface area (Å²) in [6.07, 6.45) is 5.81. The van der Waals surface area contributed by atoms with Crippen molar-refractivity contribution in [2.24, 2.45) is 0 Å². The Labute approximate surface area is 157 Å². The molecule has 1 aromatic carbocycles. The highest BCUT2D eigenvalue weighted by atomic mass is 16.5. The number of phenols is 2. The van der Waals surface area contributed by atoms with E-state index in [0.29, 0.717) is 37.9 Å². The van der Waals surface area contributed by atoms with Gasteiger partial charge in [0.25, 0.3) is 5.91 Å². The Morgan fingerprint density at radius 3 is 2.59 bits per heavy atom. The van der Waals surface area contributed by atoms with Crippen molar-refractivity contribution in [1.29, 1.82) is 0 Å². The monoisotopic (exact) mass is 375 g/mol. The van der Waals surface area contributed by atoms with E-state index in [1.54, 1.807) is 11.0 Å². The van der Waals surface area contributed by atoms with Crippen molar-refractivity contribution < 1.29 is 29.6 Å². The van der Waals surface area contributed by atoms with E-state index in [1.165, 1.54) is 24.3 Å². The molecule has 2 atom stereocenters. The average Bonchev–Trinajstić information content (AvgIpc) is 3.16. The Balaban J connectivity index is 1.57. The van der Waals surface area contributed by atoms with E-state index < -0.39 is 17.7 Å². The highest BCUT2D eigenvalue weighted by Gasteiger charge is 2.44. The molecule has 1 aliphatic heterocycles. The molecule has 1 aromatic rings. The largest absolute Gasteiger partial charge is 0.504 e. The smallest absolute Gasteiger partial charge is 0.331 e. The van der Waals surface area contributed by atoms with Crippen LogP contribution in [0.4, 0.5) is 0 Å². The normalized spacial score (nSPS) is 25.7. The fraction of sp³-hybridized carbons (Fsp3) is 0.500. The number of hydrogen-bond acceptors (Lipinski definition) is 6. The molecule has 1 unspecified atom stereocenters. The third kappa shape index (κ3) is 4.60. The maximum absolute atomic E-state index is 12.6. The zero-order valence-electron chi connectivity index (χ0n) is 15.1. The van der Waals surface area contributed by atoms with Crippen LogP contribution in [0.1, 0.15) is 44.1 Å². The summed E-state index contributed by atoms with van der Waals surface area (Å²) in [6.45, 7) is 1.35. The van der Waals surface area contributed by atoms with Gasteiger partial charge in [-0.2, -0.15) is 0 Å². The first-order valence-corrected chi connectivity index (χ1v) is 9.30. The summed E-state index contributed by atoms with van der Waals surface area (Å²) >= 11 is 0. The highest BCUT2D eigenvalue weighted by molar-refractivity contribution is 5.88. The zero-order valence-corrected chi connectivity index (χ0v) is 15.1. The number of ether oxygens (including phenoxy) is 1. The van der Waals surface area contributed by atoms with Crippen LogP contribution in [0.5, 0.6) is 11.5 Å². The standard InChI is InChI=1S/C20H25NO6/c22-16-7-5-14(12-17(16)23)6-8-18(24)27-15-4-3-9-20(26,13-15)19(25)21-10-1-2-11-21/h5-8,12,15,22-23,26H,1-4,9-11,13H2/b8-6+/t15-,20?/m0/s1. The number of amides is 1. The van der Waals surface area contributed by atoms with Crippen molar-refractivity contribution in [2.45, 2.75) is 50.2 Å². The first kappa shape index (κ1) is 19.2. The molecule has 27 heavy (non-hydrogen) atoms. The quantitative estimate of drug-likeness (QED) is 0.422. The van der Waals surface area contributed by atoms with Crippen LogP contribution in [0.3, 0.4) is 0 Å². The first-order valence-electron chi connectivity index (χ1n) is 9.30. The number of aliphatic hydroxyl groups is 1. The number of carbonyl (C=O) groups is 2. The molecular weight excluding hydrogens is 350 g/mol. The number of phenolic OH excluding ortho intramolecular Hbond substituents is 2. The van der Waals surface area contributed by atoms with Gasteiger partial charge < -0.3 is 25.0 Å². The van der Waals surface area contributed by atoms with E-state index in [4.69, 9.17) is 4.74 Å². The number of esters is 1. The number of carbonyl (C=O) groups excluding carboxylic acids is 2. The summed E-state index contributed by atoms with van der Waals surface area (Å²) < 4.78 is 5.41. The fourth-order valence-electron chi connectivity index (χ4n) is 3.72. The minimum absolute atomic E-state index is 0.113. The van der Waals surface area contributed by atoms with Crippen LogP contribution in [0.15, 0.2) is 24.3 Å². The van der Waals surface area contributed by atoms with E-state index in [0.717, 1.165) is 12.8 Å². The summed E-state index contributed by atoms with van der Waals surface area (Å²) in [7, 11) is 0. The van der Waals surface area contributed by atoms with Gasteiger partial charge in [-0.1, -0.05) is 6.07 Å².